The zero-order chi connectivity index (χ0) is 14.9. The highest BCUT2D eigenvalue weighted by Gasteiger charge is 2.33. The molecule has 5 heteroatoms. The van der Waals surface area contributed by atoms with Gasteiger partial charge in [-0.25, -0.2) is 8.42 Å². The monoisotopic (exact) mass is 371 g/mol. The summed E-state index contributed by atoms with van der Waals surface area (Å²) in [6, 6.07) is 5.90. The van der Waals surface area contributed by atoms with Crippen LogP contribution in [-0.4, -0.2) is 30.6 Å². The second-order valence-electron chi connectivity index (χ2n) is 6.03. The Labute approximate surface area is 135 Å². The molecule has 0 unspecified atom stereocenters. The van der Waals surface area contributed by atoms with Crippen LogP contribution in [0.25, 0.3) is 0 Å². The minimum absolute atomic E-state index is 0.181. The van der Waals surface area contributed by atoms with Crippen LogP contribution in [-0.2, 0) is 22.9 Å². The van der Waals surface area contributed by atoms with Crippen molar-refractivity contribution < 1.29 is 8.42 Å². The Hall–Kier alpha value is -0.390. The molecule has 0 bridgehead atoms. The van der Waals surface area contributed by atoms with Crippen LogP contribution in [0.1, 0.15) is 43.2 Å². The minimum Gasteiger partial charge on any atom is -0.207 e. The van der Waals surface area contributed by atoms with Crippen LogP contribution in [0.2, 0.25) is 0 Å². The third-order valence-corrected chi connectivity index (χ3v) is 7.02. The van der Waals surface area contributed by atoms with Gasteiger partial charge in [-0.05, 0) is 55.4 Å². The largest absolute Gasteiger partial charge is 0.243 e. The van der Waals surface area contributed by atoms with Crippen LogP contribution in [0.15, 0.2) is 23.1 Å². The molecule has 2 aliphatic rings. The molecule has 2 aliphatic carbocycles. The molecular weight excluding hydrogens is 350 g/mol. The number of nitrogens with zero attached hydrogens (tertiary/aromatic N) is 1. The molecule has 0 aliphatic heterocycles. The fraction of sp³-hybridized carbons (Fsp3) is 0.625. The Morgan fingerprint density at radius 3 is 2.52 bits per heavy atom. The van der Waals surface area contributed by atoms with Gasteiger partial charge in [0.05, 0.1) is 4.90 Å². The van der Waals surface area contributed by atoms with Crippen LogP contribution in [0.4, 0.5) is 0 Å². The quantitative estimate of drug-likeness (QED) is 0.742. The van der Waals surface area contributed by atoms with E-state index in [0.29, 0.717) is 16.8 Å². The van der Waals surface area contributed by atoms with E-state index in [4.69, 9.17) is 0 Å². The van der Waals surface area contributed by atoms with Crippen molar-refractivity contribution in [2.75, 3.05) is 11.9 Å². The third-order valence-electron chi connectivity index (χ3n) is 4.71. The molecule has 0 radical (unpaired) electrons. The number of rotatable bonds is 5. The number of aryl methyl sites for hydroxylation is 2. The molecule has 1 aromatic carbocycles. The van der Waals surface area contributed by atoms with Gasteiger partial charge >= 0.3 is 0 Å². The fourth-order valence-corrected chi connectivity index (χ4v) is 5.97. The van der Waals surface area contributed by atoms with E-state index in [1.54, 1.807) is 10.4 Å². The van der Waals surface area contributed by atoms with Gasteiger partial charge in [-0.3, -0.25) is 0 Å². The average molecular weight is 372 g/mol. The number of halogens is 1. The molecule has 1 fully saturated rings. The SMILES string of the molecule is O=S(=O)(c1ccc2c(c1)CCC2)N(CCBr)C1CCCC1. The molecule has 0 spiro atoms. The number of alkyl halides is 1. The lowest BCUT2D eigenvalue weighted by atomic mass is 10.1. The molecule has 0 atom stereocenters. The molecule has 1 saturated carbocycles. The maximum absolute atomic E-state index is 13.0. The van der Waals surface area contributed by atoms with Crippen LogP contribution >= 0.6 is 15.9 Å². The first-order chi connectivity index (χ1) is 10.1. The van der Waals surface area contributed by atoms with Crippen LogP contribution in [0, 0.1) is 0 Å². The summed E-state index contributed by atoms with van der Waals surface area (Å²) in [6.45, 7) is 0.560. The highest BCUT2D eigenvalue weighted by atomic mass is 79.9. The Morgan fingerprint density at radius 2 is 1.81 bits per heavy atom. The van der Waals surface area contributed by atoms with Gasteiger partial charge in [-0.2, -0.15) is 4.31 Å². The van der Waals surface area contributed by atoms with E-state index in [2.05, 4.69) is 15.9 Å². The van der Waals surface area contributed by atoms with Crippen molar-refractivity contribution >= 4 is 26.0 Å². The lowest BCUT2D eigenvalue weighted by Gasteiger charge is -2.27. The number of sulfonamides is 1. The molecule has 0 heterocycles. The number of fused-ring (bicyclic) bond motifs is 1. The topological polar surface area (TPSA) is 37.4 Å². The Kier molecular flexibility index (Phi) is 4.71. The van der Waals surface area contributed by atoms with Gasteiger partial charge in [0.25, 0.3) is 0 Å². The molecular formula is C16H22BrNO2S. The first-order valence-electron chi connectivity index (χ1n) is 7.82. The molecule has 0 aromatic heterocycles. The summed E-state index contributed by atoms with van der Waals surface area (Å²) >= 11 is 3.41. The van der Waals surface area contributed by atoms with Crippen LogP contribution < -0.4 is 0 Å². The predicted molar refractivity (Wildman–Crippen MR) is 88.4 cm³/mol. The Balaban J connectivity index is 1.93. The van der Waals surface area contributed by atoms with Gasteiger partial charge in [0.2, 0.25) is 10.0 Å². The summed E-state index contributed by atoms with van der Waals surface area (Å²) < 4.78 is 27.8. The van der Waals surface area contributed by atoms with E-state index in [9.17, 15) is 8.42 Å². The second kappa shape index (κ2) is 6.39. The van der Waals surface area contributed by atoms with Gasteiger partial charge in [0.15, 0.2) is 0 Å². The van der Waals surface area contributed by atoms with E-state index >= 15 is 0 Å². The van der Waals surface area contributed by atoms with Gasteiger partial charge in [-0.15, -0.1) is 0 Å². The predicted octanol–water partition coefficient (Wildman–Crippen LogP) is 3.50. The highest BCUT2D eigenvalue weighted by Crippen LogP contribution is 2.31. The van der Waals surface area contributed by atoms with Gasteiger partial charge in [0, 0.05) is 17.9 Å². The summed E-state index contributed by atoms with van der Waals surface area (Å²) in [5, 5.41) is 0.688. The molecule has 3 rings (SSSR count). The normalized spacial score (nSPS) is 19.3. The van der Waals surface area contributed by atoms with Crippen molar-refractivity contribution in [2.45, 2.75) is 55.9 Å². The lowest BCUT2D eigenvalue weighted by Crippen LogP contribution is -2.40. The van der Waals surface area contributed by atoms with Crippen molar-refractivity contribution in [3.8, 4) is 0 Å². The van der Waals surface area contributed by atoms with Crippen molar-refractivity contribution in [1.82, 2.24) is 4.31 Å². The fourth-order valence-electron chi connectivity index (χ4n) is 3.62. The molecule has 0 saturated heterocycles. The van der Waals surface area contributed by atoms with E-state index < -0.39 is 10.0 Å². The molecule has 116 valence electrons. The maximum Gasteiger partial charge on any atom is 0.243 e. The number of benzene rings is 1. The van der Waals surface area contributed by atoms with Gasteiger partial charge < -0.3 is 0 Å². The van der Waals surface area contributed by atoms with E-state index in [1.807, 2.05) is 12.1 Å². The molecule has 0 amide bonds. The average Bonchev–Trinajstić information content (AvgIpc) is 3.14. The Morgan fingerprint density at radius 1 is 1.10 bits per heavy atom. The van der Waals surface area contributed by atoms with Gasteiger partial charge in [0.1, 0.15) is 0 Å². The Bertz CT molecular complexity index is 609. The van der Waals surface area contributed by atoms with E-state index in [0.717, 1.165) is 44.9 Å². The summed E-state index contributed by atoms with van der Waals surface area (Å²) in [5.41, 5.74) is 2.54. The van der Waals surface area contributed by atoms with Crippen LogP contribution in [0.3, 0.4) is 0 Å². The maximum atomic E-state index is 13.0. The molecule has 0 N–H and O–H groups in total. The summed E-state index contributed by atoms with van der Waals surface area (Å²) in [6.07, 6.45) is 7.53. The standard InChI is InChI=1S/C16H22BrNO2S/c17-10-11-18(15-6-1-2-7-15)21(19,20)16-9-8-13-4-3-5-14(13)12-16/h8-9,12,15H,1-7,10-11H2. The zero-order valence-electron chi connectivity index (χ0n) is 12.2. The summed E-state index contributed by atoms with van der Waals surface area (Å²) in [5.74, 6) is 0. The van der Waals surface area contributed by atoms with E-state index in [1.165, 1.54) is 11.1 Å². The third kappa shape index (κ3) is 3.06. The van der Waals surface area contributed by atoms with E-state index in [-0.39, 0.29) is 6.04 Å². The minimum atomic E-state index is -3.36. The first-order valence-corrected chi connectivity index (χ1v) is 10.4. The molecule has 1 aromatic rings. The summed E-state index contributed by atoms with van der Waals surface area (Å²) in [7, 11) is -3.36. The zero-order valence-corrected chi connectivity index (χ0v) is 14.6. The van der Waals surface area contributed by atoms with Crippen molar-refractivity contribution in [2.24, 2.45) is 0 Å². The van der Waals surface area contributed by atoms with Crippen LogP contribution in [0.5, 0.6) is 0 Å². The van der Waals surface area contributed by atoms with Crippen molar-refractivity contribution in [3.63, 3.8) is 0 Å². The van der Waals surface area contributed by atoms with Crippen molar-refractivity contribution in [3.05, 3.63) is 29.3 Å². The lowest BCUT2D eigenvalue weighted by molar-refractivity contribution is 0.338. The number of hydrogen-bond acceptors (Lipinski definition) is 2. The first kappa shape index (κ1) is 15.5. The highest BCUT2D eigenvalue weighted by molar-refractivity contribution is 9.09. The number of hydrogen-bond donors (Lipinski definition) is 0. The molecule has 3 nitrogen and oxygen atoms in total. The second-order valence-corrected chi connectivity index (χ2v) is 8.71. The van der Waals surface area contributed by atoms with Gasteiger partial charge in [-0.1, -0.05) is 34.8 Å². The molecule has 21 heavy (non-hydrogen) atoms. The smallest absolute Gasteiger partial charge is 0.207 e. The summed E-state index contributed by atoms with van der Waals surface area (Å²) in [4.78, 5) is 0.482. The van der Waals surface area contributed by atoms with Crippen molar-refractivity contribution in [1.29, 1.82) is 0 Å².